The summed E-state index contributed by atoms with van der Waals surface area (Å²) in [6, 6.07) is 11.2. The third-order valence-electron chi connectivity index (χ3n) is 5.19. The summed E-state index contributed by atoms with van der Waals surface area (Å²) in [7, 11) is 0. The summed E-state index contributed by atoms with van der Waals surface area (Å²) in [6.45, 7) is 5.21. The Morgan fingerprint density at radius 1 is 1.11 bits per heavy atom. The molecule has 28 heavy (non-hydrogen) atoms. The van der Waals surface area contributed by atoms with Gasteiger partial charge in [-0.05, 0) is 30.2 Å². The lowest BCUT2D eigenvalue weighted by Gasteiger charge is -2.26. The standard InChI is InChI=1S/C21H24N4O3/c26-20(23-8-10-24-11-13-28-14-12-24)18-15-17(5-7-22-18)21(27)25-9-6-16-3-1-2-4-19(16)25/h1-5,7,15H,6,8-14H2,(H,23,26). The number of nitrogens with zero attached hydrogens (tertiary/aromatic N) is 3. The molecule has 1 saturated heterocycles. The van der Waals surface area contributed by atoms with Crippen molar-refractivity contribution in [2.45, 2.75) is 6.42 Å². The minimum absolute atomic E-state index is 0.102. The van der Waals surface area contributed by atoms with Gasteiger partial charge in [-0.15, -0.1) is 0 Å². The Hall–Kier alpha value is -2.77. The lowest BCUT2D eigenvalue weighted by molar-refractivity contribution is 0.0383. The lowest BCUT2D eigenvalue weighted by Crippen LogP contribution is -2.41. The largest absolute Gasteiger partial charge is 0.379 e. The van der Waals surface area contributed by atoms with Gasteiger partial charge in [0.25, 0.3) is 11.8 Å². The number of carbonyl (C=O) groups is 2. The maximum atomic E-state index is 13.0. The third-order valence-corrected chi connectivity index (χ3v) is 5.19. The molecular formula is C21H24N4O3. The Kier molecular flexibility index (Phi) is 5.64. The highest BCUT2D eigenvalue weighted by Crippen LogP contribution is 2.28. The second-order valence-electron chi connectivity index (χ2n) is 6.98. The number of anilines is 1. The van der Waals surface area contributed by atoms with Crippen LogP contribution in [-0.4, -0.2) is 67.6 Å². The topological polar surface area (TPSA) is 74.8 Å². The quantitative estimate of drug-likeness (QED) is 0.848. The molecule has 2 aliphatic rings. The monoisotopic (exact) mass is 380 g/mol. The fourth-order valence-electron chi connectivity index (χ4n) is 3.64. The van der Waals surface area contributed by atoms with Gasteiger partial charge in [-0.1, -0.05) is 18.2 Å². The van der Waals surface area contributed by atoms with E-state index in [-0.39, 0.29) is 17.5 Å². The molecule has 2 aromatic rings. The Morgan fingerprint density at radius 2 is 1.93 bits per heavy atom. The van der Waals surface area contributed by atoms with Crippen LogP contribution in [0.2, 0.25) is 0 Å². The molecule has 1 fully saturated rings. The summed E-state index contributed by atoms with van der Waals surface area (Å²) < 4.78 is 5.32. The molecule has 1 N–H and O–H groups in total. The van der Waals surface area contributed by atoms with E-state index < -0.39 is 0 Å². The minimum atomic E-state index is -0.260. The van der Waals surface area contributed by atoms with Crippen molar-refractivity contribution in [3.05, 3.63) is 59.4 Å². The number of hydrogen-bond acceptors (Lipinski definition) is 5. The first-order valence-electron chi connectivity index (χ1n) is 9.66. The highest BCUT2D eigenvalue weighted by atomic mass is 16.5. The molecule has 0 radical (unpaired) electrons. The van der Waals surface area contributed by atoms with Crippen molar-refractivity contribution in [2.75, 3.05) is 50.8 Å². The van der Waals surface area contributed by atoms with Gasteiger partial charge < -0.3 is 15.0 Å². The fraction of sp³-hybridized carbons (Fsp3) is 0.381. The van der Waals surface area contributed by atoms with Crippen molar-refractivity contribution in [1.29, 1.82) is 0 Å². The van der Waals surface area contributed by atoms with Gasteiger partial charge in [0, 0.05) is 50.2 Å². The van der Waals surface area contributed by atoms with Gasteiger partial charge in [-0.25, -0.2) is 0 Å². The van der Waals surface area contributed by atoms with Gasteiger partial charge in [0.15, 0.2) is 0 Å². The van der Waals surface area contributed by atoms with Crippen molar-refractivity contribution in [3.63, 3.8) is 0 Å². The van der Waals surface area contributed by atoms with Crippen molar-refractivity contribution in [3.8, 4) is 0 Å². The first-order chi connectivity index (χ1) is 13.7. The minimum Gasteiger partial charge on any atom is -0.379 e. The van der Waals surface area contributed by atoms with E-state index in [9.17, 15) is 9.59 Å². The van der Waals surface area contributed by atoms with E-state index in [1.165, 1.54) is 11.8 Å². The first kappa shape index (κ1) is 18.6. The number of pyridine rings is 1. The van der Waals surface area contributed by atoms with Crippen LogP contribution in [0.5, 0.6) is 0 Å². The number of para-hydroxylation sites is 1. The number of rotatable bonds is 5. The molecule has 4 rings (SSSR count). The average Bonchev–Trinajstić information content (AvgIpc) is 3.18. The van der Waals surface area contributed by atoms with E-state index in [2.05, 4.69) is 15.2 Å². The summed E-state index contributed by atoms with van der Waals surface area (Å²) in [5.74, 6) is -0.362. The number of benzene rings is 1. The third kappa shape index (κ3) is 4.05. The number of ether oxygens (including phenoxy) is 1. The van der Waals surface area contributed by atoms with E-state index in [0.717, 1.165) is 45.0 Å². The Balaban J connectivity index is 1.38. The second-order valence-corrected chi connectivity index (χ2v) is 6.98. The van der Waals surface area contributed by atoms with E-state index >= 15 is 0 Å². The Labute approximate surface area is 164 Å². The van der Waals surface area contributed by atoms with E-state index in [4.69, 9.17) is 4.74 Å². The molecule has 2 aliphatic heterocycles. The molecule has 0 spiro atoms. The fourth-order valence-corrected chi connectivity index (χ4v) is 3.64. The summed E-state index contributed by atoms with van der Waals surface area (Å²) in [4.78, 5) is 33.6. The maximum Gasteiger partial charge on any atom is 0.269 e. The highest BCUT2D eigenvalue weighted by molar-refractivity contribution is 6.08. The summed E-state index contributed by atoms with van der Waals surface area (Å²) in [6.07, 6.45) is 2.37. The van der Waals surface area contributed by atoms with E-state index in [1.807, 2.05) is 24.3 Å². The van der Waals surface area contributed by atoms with Crippen LogP contribution < -0.4 is 10.2 Å². The number of carbonyl (C=O) groups excluding carboxylic acids is 2. The molecule has 3 heterocycles. The number of fused-ring (bicyclic) bond motifs is 1. The number of aromatic nitrogens is 1. The van der Waals surface area contributed by atoms with E-state index in [0.29, 0.717) is 18.7 Å². The number of hydrogen-bond donors (Lipinski definition) is 1. The molecule has 0 bridgehead atoms. The summed E-state index contributed by atoms with van der Waals surface area (Å²) in [5.41, 5.74) is 2.86. The zero-order valence-electron chi connectivity index (χ0n) is 15.8. The van der Waals surface area contributed by atoms with Crippen molar-refractivity contribution < 1.29 is 14.3 Å². The molecule has 1 aromatic heterocycles. The Morgan fingerprint density at radius 3 is 2.79 bits per heavy atom. The van der Waals surface area contributed by atoms with Gasteiger partial charge in [0.2, 0.25) is 0 Å². The smallest absolute Gasteiger partial charge is 0.269 e. The van der Waals surface area contributed by atoms with Crippen LogP contribution in [-0.2, 0) is 11.2 Å². The van der Waals surface area contributed by atoms with E-state index in [1.54, 1.807) is 17.0 Å². The van der Waals surface area contributed by atoms with Crippen molar-refractivity contribution in [1.82, 2.24) is 15.2 Å². The predicted octanol–water partition coefficient (Wildman–Crippen LogP) is 1.35. The molecule has 0 aliphatic carbocycles. The molecule has 2 amide bonds. The molecule has 7 nitrogen and oxygen atoms in total. The zero-order valence-corrected chi connectivity index (χ0v) is 15.8. The predicted molar refractivity (Wildman–Crippen MR) is 106 cm³/mol. The normalized spacial score (nSPS) is 16.6. The molecular weight excluding hydrogens is 356 g/mol. The number of morpholine rings is 1. The number of nitrogens with one attached hydrogen (secondary N) is 1. The van der Waals surface area contributed by atoms with Gasteiger partial charge in [-0.2, -0.15) is 0 Å². The Bertz CT molecular complexity index is 864. The molecule has 1 aromatic carbocycles. The maximum absolute atomic E-state index is 13.0. The molecule has 0 atom stereocenters. The van der Waals surface area contributed by atoms with Gasteiger partial charge in [0.1, 0.15) is 5.69 Å². The second kappa shape index (κ2) is 8.50. The zero-order chi connectivity index (χ0) is 19.3. The molecule has 146 valence electrons. The van der Waals surface area contributed by atoms with Crippen LogP contribution in [0.1, 0.15) is 26.4 Å². The summed E-state index contributed by atoms with van der Waals surface area (Å²) >= 11 is 0. The highest BCUT2D eigenvalue weighted by Gasteiger charge is 2.25. The van der Waals surface area contributed by atoms with Crippen LogP contribution in [0, 0.1) is 0 Å². The van der Waals surface area contributed by atoms with Crippen LogP contribution >= 0.6 is 0 Å². The van der Waals surface area contributed by atoms with Crippen molar-refractivity contribution >= 4 is 17.5 Å². The number of amides is 2. The molecule has 0 saturated carbocycles. The molecule has 0 unspecified atom stereocenters. The van der Waals surface area contributed by atoms with Gasteiger partial charge in [0.05, 0.1) is 13.2 Å². The van der Waals surface area contributed by atoms with Crippen LogP contribution in [0.4, 0.5) is 5.69 Å². The first-order valence-corrected chi connectivity index (χ1v) is 9.66. The van der Waals surface area contributed by atoms with Crippen molar-refractivity contribution in [2.24, 2.45) is 0 Å². The SMILES string of the molecule is O=C(NCCN1CCOCC1)c1cc(C(=O)N2CCc3ccccc32)ccn1. The van der Waals surface area contributed by atoms with Gasteiger partial charge in [-0.3, -0.25) is 19.5 Å². The lowest BCUT2D eigenvalue weighted by atomic mass is 10.1. The van der Waals surface area contributed by atoms with Gasteiger partial charge >= 0.3 is 0 Å². The van der Waals surface area contributed by atoms with Crippen LogP contribution in [0.3, 0.4) is 0 Å². The molecule has 7 heteroatoms. The van der Waals surface area contributed by atoms with Crippen LogP contribution in [0.15, 0.2) is 42.6 Å². The van der Waals surface area contributed by atoms with Crippen LogP contribution in [0.25, 0.3) is 0 Å². The average molecular weight is 380 g/mol. The summed E-state index contributed by atoms with van der Waals surface area (Å²) in [5, 5.41) is 2.89.